The first-order chi connectivity index (χ1) is 11.5. The topological polar surface area (TPSA) is 54.0 Å². The van der Waals surface area contributed by atoms with Crippen LogP contribution in [0.3, 0.4) is 0 Å². The molecule has 1 aliphatic rings. The fourth-order valence-electron chi connectivity index (χ4n) is 2.83. The summed E-state index contributed by atoms with van der Waals surface area (Å²) in [5, 5.41) is 3.68. The number of anilines is 1. The quantitative estimate of drug-likeness (QED) is 0.848. The van der Waals surface area contributed by atoms with Crippen LogP contribution in [0, 0.1) is 0 Å². The fraction of sp³-hybridized carbons (Fsp3) is 0.588. The lowest BCUT2D eigenvalue weighted by molar-refractivity contribution is -0.133. The summed E-state index contributed by atoms with van der Waals surface area (Å²) < 4.78 is 10.6. The Labute approximate surface area is 148 Å². The number of methoxy groups -OCH3 is 2. The van der Waals surface area contributed by atoms with E-state index in [9.17, 15) is 4.79 Å². The lowest BCUT2D eigenvalue weighted by Gasteiger charge is -2.35. The number of nitrogens with zero attached hydrogens (tertiary/aromatic N) is 2. The Balaban J connectivity index is 2.05. The van der Waals surface area contributed by atoms with Gasteiger partial charge in [0.15, 0.2) is 0 Å². The number of carbonyl (C=O) groups excluding carboxylic acids is 1. The molecule has 1 aliphatic heterocycles. The third-order valence-electron chi connectivity index (χ3n) is 4.35. The molecule has 1 heterocycles. The zero-order chi connectivity index (χ0) is 17.7. The van der Waals surface area contributed by atoms with E-state index in [1.54, 1.807) is 26.4 Å². The molecule has 1 fully saturated rings. The van der Waals surface area contributed by atoms with Crippen molar-refractivity contribution in [1.29, 1.82) is 0 Å². The third-order valence-corrected chi connectivity index (χ3v) is 4.64. The molecule has 24 heavy (non-hydrogen) atoms. The zero-order valence-electron chi connectivity index (χ0n) is 14.8. The van der Waals surface area contributed by atoms with Gasteiger partial charge in [-0.15, -0.1) is 0 Å². The van der Waals surface area contributed by atoms with Gasteiger partial charge in [-0.2, -0.15) is 0 Å². The molecular weight excluding hydrogens is 330 g/mol. The lowest BCUT2D eigenvalue weighted by Crippen LogP contribution is -2.52. The first-order valence-electron chi connectivity index (χ1n) is 8.19. The van der Waals surface area contributed by atoms with Gasteiger partial charge in [0.25, 0.3) is 0 Å². The molecule has 1 aromatic carbocycles. The molecule has 1 amide bonds. The Morgan fingerprint density at radius 2 is 1.83 bits per heavy atom. The number of likely N-dealkylation sites (N-methyl/N-ethyl adjacent to an activating group) is 1. The van der Waals surface area contributed by atoms with Crippen molar-refractivity contribution in [2.45, 2.75) is 19.9 Å². The fourth-order valence-corrected chi connectivity index (χ4v) is 3.07. The summed E-state index contributed by atoms with van der Waals surface area (Å²) in [4.78, 5) is 16.9. The molecule has 1 atom stereocenters. The van der Waals surface area contributed by atoms with E-state index in [-0.39, 0.29) is 11.9 Å². The van der Waals surface area contributed by atoms with Gasteiger partial charge in [0.1, 0.15) is 17.5 Å². The van der Waals surface area contributed by atoms with Crippen molar-refractivity contribution in [3.63, 3.8) is 0 Å². The van der Waals surface area contributed by atoms with Crippen molar-refractivity contribution < 1.29 is 14.3 Å². The van der Waals surface area contributed by atoms with Gasteiger partial charge >= 0.3 is 0 Å². The normalized spacial score (nSPS) is 16.6. The van der Waals surface area contributed by atoms with Gasteiger partial charge in [0.2, 0.25) is 5.91 Å². The molecule has 0 radical (unpaired) electrons. The van der Waals surface area contributed by atoms with Gasteiger partial charge in [0.05, 0.1) is 24.9 Å². The molecule has 7 heteroatoms. The number of hydrogen-bond acceptors (Lipinski definition) is 5. The standard InChI is InChI=1S/C17H26ClN3O3/c1-5-20-6-8-21(9-7-20)17(22)12(2)19-14-10-13(18)15(23-3)11-16(14)24-4/h10-12,19H,5-9H2,1-4H3/t12-/m0/s1. The molecule has 2 rings (SSSR count). The van der Waals surface area contributed by atoms with Crippen LogP contribution in [0.4, 0.5) is 5.69 Å². The lowest BCUT2D eigenvalue weighted by atomic mass is 10.2. The van der Waals surface area contributed by atoms with Crippen LogP contribution in [0.25, 0.3) is 0 Å². The first-order valence-corrected chi connectivity index (χ1v) is 8.57. The maximum absolute atomic E-state index is 12.7. The van der Waals surface area contributed by atoms with E-state index in [4.69, 9.17) is 21.1 Å². The summed E-state index contributed by atoms with van der Waals surface area (Å²) in [5.74, 6) is 1.21. The summed E-state index contributed by atoms with van der Waals surface area (Å²) in [6, 6.07) is 3.07. The molecule has 0 unspecified atom stereocenters. The van der Waals surface area contributed by atoms with Crippen LogP contribution in [0.5, 0.6) is 11.5 Å². The molecule has 0 aromatic heterocycles. The molecule has 0 spiro atoms. The van der Waals surface area contributed by atoms with Crippen LogP contribution in [-0.4, -0.2) is 68.7 Å². The summed E-state index contributed by atoms with van der Waals surface area (Å²) in [6.07, 6.45) is 0. The van der Waals surface area contributed by atoms with Gasteiger partial charge in [-0.25, -0.2) is 0 Å². The summed E-state index contributed by atoms with van der Waals surface area (Å²) in [6.45, 7) is 8.39. The number of amides is 1. The monoisotopic (exact) mass is 355 g/mol. The second kappa shape index (κ2) is 8.44. The minimum Gasteiger partial charge on any atom is -0.495 e. The van der Waals surface area contributed by atoms with Gasteiger partial charge < -0.3 is 24.6 Å². The maximum Gasteiger partial charge on any atom is 0.244 e. The van der Waals surface area contributed by atoms with Crippen LogP contribution in [0.2, 0.25) is 5.02 Å². The highest BCUT2D eigenvalue weighted by atomic mass is 35.5. The highest BCUT2D eigenvalue weighted by Crippen LogP contribution is 2.36. The van der Waals surface area contributed by atoms with Crippen molar-refractivity contribution in [3.8, 4) is 11.5 Å². The highest BCUT2D eigenvalue weighted by Gasteiger charge is 2.25. The van der Waals surface area contributed by atoms with Crippen LogP contribution >= 0.6 is 11.6 Å². The van der Waals surface area contributed by atoms with Crippen molar-refractivity contribution in [2.24, 2.45) is 0 Å². The van der Waals surface area contributed by atoms with Crippen molar-refractivity contribution in [3.05, 3.63) is 17.2 Å². The molecule has 1 aromatic rings. The number of hydrogen-bond donors (Lipinski definition) is 1. The second-order valence-electron chi connectivity index (χ2n) is 5.81. The van der Waals surface area contributed by atoms with E-state index in [2.05, 4.69) is 17.1 Å². The molecule has 1 saturated heterocycles. The van der Waals surface area contributed by atoms with Crippen LogP contribution in [0.1, 0.15) is 13.8 Å². The number of nitrogens with one attached hydrogen (secondary N) is 1. The van der Waals surface area contributed by atoms with Crippen molar-refractivity contribution in [2.75, 3.05) is 52.3 Å². The van der Waals surface area contributed by atoms with E-state index in [1.165, 1.54) is 0 Å². The van der Waals surface area contributed by atoms with Gasteiger partial charge in [-0.1, -0.05) is 18.5 Å². The van der Waals surface area contributed by atoms with E-state index >= 15 is 0 Å². The molecule has 0 saturated carbocycles. The van der Waals surface area contributed by atoms with Gasteiger partial charge in [-0.3, -0.25) is 4.79 Å². The van der Waals surface area contributed by atoms with E-state index < -0.39 is 0 Å². The minimum absolute atomic E-state index is 0.0831. The first kappa shape index (κ1) is 18.7. The molecule has 134 valence electrons. The zero-order valence-corrected chi connectivity index (χ0v) is 15.5. The Morgan fingerprint density at radius 1 is 1.21 bits per heavy atom. The minimum atomic E-state index is -0.364. The molecule has 0 aliphatic carbocycles. The number of halogens is 1. The average Bonchev–Trinajstić information content (AvgIpc) is 2.61. The average molecular weight is 356 g/mol. The molecular formula is C17H26ClN3O3. The van der Waals surface area contributed by atoms with Crippen LogP contribution < -0.4 is 14.8 Å². The van der Waals surface area contributed by atoms with Gasteiger partial charge in [-0.05, 0) is 19.5 Å². The number of carbonyl (C=O) groups is 1. The Kier molecular flexibility index (Phi) is 6.57. The maximum atomic E-state index is 12.7. The number of rotatable bonds is 6. The Hall–Kier alpha value is -1.66. The number of ether oxygens (including phenoxy) is 2. The molecule has 0 bridgehead atoms. The number of benzene rings is 1. The van der Waals surface area contributed by atoms with Gasteiger partial charge in [0, 0.05) is 32.2 Å². The Bertz CT molecular complexity index is 574. The van der Waals surface area contributed by atoms with E-state index in [1.807, 2.05) is 11.8 Å². The molecule has 1 N–H and O–H groups in total. The second-order valence-corrected chi connectivity index (χ2v) is 6.22. The van der Waals surface area contributed by atoms with Crippen molar-refractivity contribution >= 4 is 23.2 Å². The van der Waals surface area contributed by atoms with E-state index in [0.29, 0.717) is 22.2 Å². The smallest absolute Gasteiger partial charge is 0.244 e. The Morgan fingerprint density at radius 3 is 2.38 bits per heavy atom. The van der Waals surface area contributed by atoms with Crippen molar-refractivity contribution in [1.82, 2.24) is 9.80 Å². The third kappa shape index (κ3) is 4.24. The van der Waals surface area contributed by atoms with E-state index in [0.717, 1.165) is 32.7 Å². The van der Waals surface area contributed by atoms with Crippen LogP contribution in [-0.2, 0) is 4.79 Å². The highest BCUT2D eigenvalue weighted by molar-refractivity contribution is 6.32. The summed E-state index contributed by atoms with van der Waals surface area (Å²) in [5.41, 5.74) is 0.677. The number of piperazine rings is 1. The summed E-state index contributed by atoms with van der Waals surface area (Å²) in [7, 11) is 3.13. The predicted molar refractivity (Wildman–Crippen MR) is 96.3 cm³/mol. The SMILES string of the molecule is CCN1CCN(C(=O)[C@H](C)Nc2cc(Cl)c(OC)cc2OC)CC1. The largest absolute Gasteiger partial charge is 0.495 e. The summed E-state index contributed by atoms with van der Waals surface area (Å²) >= 11 is 6.18. The molecule has 6 nitrogen and oxygen atoms in total. The predicted octanol–water partition coefficient (Wildman–Crippen LogP) is 2.32. The van der Waals surface area contributed by atoms with Crippen LogP contribution in [0.15, 0.2) is 12.1 Å².